The lowest BCUT2D eigenvalue weighted by atomic mass is 10.1. The average Bonchev–Trinajstić information content (AvgIpc) is 2.61. The molecule has 0 radical (unpaired) electrons. The summed E-state index contributed by atoms with van der Waals surface area (Å²) in [7, 11) is 0. The summed E-state index contributed by atoms with van der Waals surface area (Å²) in [5, 5.41) is 9.25. The van der Waals surface area contributed by atoms with E-state index in [2.05, 4.69) is 0 Å². The summed E-state index contributed by atoms with van der Waals surface area (Å²) < 4.78 is 5.78. The predicted molar refractivity (Wildman–Crippen MR) is 94.4 cm³/mol. The fourth-order valence-corrected chi connectivity index (χ4v) is 2.20. The van der Waals surface area contributed by atoms with Crippen molar-refractivity contribution in [1.29, 1.82) is 0 Å². The maximum Gasteiger partial charge on any atom is 0.185 e. The van der Waals surface area contributed by atoms with E-state index in [-0.39, 0.29) is 11.5 Å². The first kappa shape index (κ1) is 15.6. The van der Waals surface area contributed by atoms with Gasteiger partial charge in [-0.15, -0.1) is 0 Å². The number of allylic oxidation sites excluding steroid dienone is 1. The van der Waals surface area contributed by atoms with Gasteiger partial charge in [0.15, 0.2) is 5.78 Å². The second-order valence-corrected chi connectivity index (χ2v) is 5.23. The van der Waals surface area contributed by atoms with E-state index in [1.54, 1.807) is 18.2 Å². The number of carbonyl (C=O) groups is 1. The van der Waals surface area contributed by atoms with Crippen molar-refractivity contribution in [3.63, 3.8) is 0 Å². The first-order valence-electron chi connectivity index (χ1n) is 7.55. The second kappa shape index (κ2) is 7.29. The molecule has 0 saturated heterocycles. The van der Waals surface area contributed by atoms with Crippen molar-refractivity contribution in [2.24, 2.45) is 0 Å². The third-order valence-electron chi connectivity index (χ3n) is 3.42. The molecule has 3 heteroatoms. The summed E-state index contributed by atoms with van der Waals surface area (Å²) >= 11 is 0. The van der Waals surface area contributed by atoms with Gasteiger partial charge in [-0.2, -0.15) is 0 Å². The quantitative estimate of drug-likeness (QED) is 0.527. The highest BCUT2D eigenvalue weighted by molar-refractivity contribution is 6.06. The lowest BCUT2D eigenvalue weighted by molar-refractivity contribution is 0.104. The van der Waals surface area contributed by atoms with Gasteiger partial charge in [0.05, 0.1) is 0 Å². The number of aromatic hydroxyl groups is 1. The lowest BCUT2D eigenvalue weighted by Gasteiger charge is -2.05. The van der Waals surface area contributed by atoms with Gasteiger partial charge < -0.3 is 9.84 Å². The smallest absolute Gasteiger partial charge is 0.185 e. The Hall–Kier alpha value is -3.33. The third kappa shape index (κ3) is 4.11. The molecule has 0 fully saturated rings. The Kier molecular flexibility index (Phi) is 4.73. The van der Waals surface area contributed by atoms with Gasteiger partial charge in [-0.3, -0.25) is 4.79 Å². The Morgan fingerprint density at radius 1 is 0.833 bits per heavy atom. The molecule has 24 heavy (non-hydrogen) atoms. The van der Waals surface area contributed by atoms with Crippen LogP contribution in [0.5, 0.6) is 17.2 Å². The highest BCUT2D eigenvalue weighted by atomic mass is 16.5. The highest BCUT2D eigenvalue weighted by Gasteiger charge is 2.02. The Labute approximate surface area is 140 Å². The molecule has 0 spiro atoms. The number of ether oxygens (including phenoxy) is 1. The average molecular weight is 316 g/mol. The monoisotopic (exact) mass is 316 g/mol. The van der Waals surface area contributed by atoms with E-state index in [0.717, 1.165) is 11.3 Å². The Morgan fingerprint density at radius 3 is 2.29 bits per heavy atom. The summed E-state index contributed by atoms with van der Waals surface area (Å²) in [6.07, 6.45) is 3.25. The molecule has 0 saturated carbocycles. The van der Waals surface area contributed by atoms with E-state index in [1.807, 2.05) is 54.6 Å². The number of carbonyl (C=O) groups excluding carboxylic acids is 1. The molecule has 118 valence electrons. The Balaban J connectivity index is 1.72. The molecular formula is C21H16O3. The minimum absolute atomic E-state index is 0.121. The molecule has 0 atom stereocenters. The minimum Gasteiger partial charge on any atom is -0.508 e. The molecule has 3 rings (SSSR count). The van der Waals surface area contributed by atoms with E-state index in [0.29, 0.717) is 11.3 Å². The Morgan fingerprint density at radius 2 is 1.54 bits per heavy atom. The zero-order valence-electron chi connectivity index (χ0n) is 12.9. The van der Waals surface area contributed by atoms with E-state index >= 15 is 0 Å². The van der Waals surface area contributed by atoms with Crippen molar-refractivity contribution in [1.82, 2.24) is 0 Å². The SMILES string of the molecule is O=C(/C=C/c1cccc(Oc2ccccc2)c1)c1ccc(O)cc1. The van der Waals surface area contributed by atoms with E-state index in [4.69, 9.17) is 4.74 Å². The summed E-state index contributed by atoms with van der Waals surface area (Å²) in [5.41, 5.74) is 1.40. The van der Waals surface area contributed by atoms with Gasteiger partial charge in [0.1, 0.15) is 17.2 Å². The van der Waals surface area contributed by atoms with Gasteiger partial charge >= 0.3 is 0 Å². The van der Waals surface area contributed by atoms with Crippen molar-refractivity contribution in [2.45, 2.75) is 0 Å². The zero-order chi connectivity index (χ0) is 16.8. The fraction of sp³-hybridized carbons (Fsp3) is 0. The molecule has 0 heterocycles. The topological polar surface area (TPSA) is 46.5 Å². The van der Waals surface area contributed by atoms with Crippen LogP contribution in [0.1, 0.15) is 15.9 Å². The number of ketones is 1. The number of phenols is 1. The summed E-state index contributed by atoms with van der Waals surface area (Å²) in [4.78, 5) is 12.1. The van der Waals surface area contributed by atoms with E-state index in [9.17, 15) is 9.90 Å². The number of rotatable bonds is 5. The molecule has 0 aromatic heterocycles. The maximum atomic E-state index is 12.1. The van der Waals surface area contributed by atoms with Crippen LogP contribution in [0.15, 0.2) is 84.9 Å². The fourth-order valence-electron chi connectivity index (χ4n) is 2.20. The number of hydrogen-bond donors (Lipinski definition) is 1. The minimum atomic E-state index is -0.121. The van der Waals surface area contributed by atoms with Crippen LogP contribution in [0.25, 0.3) is 6.08 Å². The van der Waals surface area contributed by atoms with E-state index in [1.165, 1.54) is 18.2 Å². The van der Waals surface area contributed by atoms with Gasteiger partial charge in [0.25, 0.3) is 0 Å². The van der Waals surface area contributed by atoms with E-state index < -0.39 is 0 Å². The second-order valence-electron chi connectivity index (χ2n) is 5.23. The number of benzene rings is 3. The normalized spacial score (nSPS) is 10.7. The van der Waals surface area contributed by atoms with Gasteiger partial charge in [-0.1, -0.05) is 36.4 Å². The predicted octanol–water partition coefficient (Wildman–Crippen LogP) is 5.08. The Bertz CT molecular complexity index is 850. The summed E-state index contributed by atoms with van der Waals surface area (Å²) in [6, 6.07) is 23.2. The van der Waals surface area contributed by atoms with Crippen molar-refractivity contribution in [3.8, 4) is 17.2 Å². The maximum absolute atomic E-state index is 12.1. The number of para-hydroxylation sites is 1. The largest absolute Gasteiger partial charge is 0.508 e. The molecule has 0 unspecified atom stereocenters. The van der Waals surface area contributed by atoms with Crippen molar-refractivity contribution in [2.75, 3.05) is 0 Å². The summed E-state index contributed by atoms with van der Waals surface area (Å²) in [5.74, 6) is 1.49. The van der Waals surface area contributed by atoms with Crippen LogP contribution < -0.4 is 4.74 Å². The van der Waals surface area contributed by atoms with Crippen LogP contribution in [-0.2, 0) is 0 Å². The summed E-state index contributed by atoms with van der Waals surface area (Å²) in [6.45, 7) is 0. The number of phenolic OH excluding ortho intramolecular Hbond substituents is 1. The van der Waals surface area contributed by atoms with Crippen LogP contribution in [0.2, 0.25) is 0 Å². The molecule has 0 aliphatic rings. The molecule has 3 nitrogen and oxygen atoms in total. The van der Waals surface area contributed by atoms with Crippen LogP contribution in [0.3, 0.4) is 0 Å². The van der Waals surface area contributed by atoms with Crippen LogP contribution in [-0.4, -0.2) is 10.9 Å². The lowest BCUT2D eigenvalue weighted by Crippen LogP contribution is -1.93. The van der Waals surface area contributed by atoms with Crippen LogP contribution in [0.4, 0.5) is 0 Å². The van der Waals surface area contributed by atoms with Gasteiger partial charge in [-0.25, -0.2) is 0 Å². The van der Waals surface area contributed by atoms with Crippen molar-refractivity contribution >= 4 is 11.9 Å². The molecular weight excluding hydrogens is 300 g/mol. The first-order valence-corrected chi connectivity index (χ1v) is 7.55. The van der Waals surface area contributed by atoms with Gasteiger partial charge in [-0.05, 0) is 60.2 Å². The van der Waals surface area contributed by atoms with Gasteiger partial charge in [0, 0.05) is 5.56 Å². The molecule has 0 aliphatic carbocycles. The number of hydrogen-bond acceptors (Lipinski definition) is 3. The molecule has 0 amide bonds. The van der Waals surface area contributed by atoms with Crippen molar-refractivity contribution < 1.29 is 14.6 Å². The van der Waals surface area contributed by atoms with Crippen LogP contribution in [0, 0.1) is 0 Å². The first-order chi connectivity index (χ1) is 11.7. The molecule has 0 bridgehead atoms. The third-order valence-corrected chi connectivity index (χ3v) is 3.42. The van der Waals surface area contributed by atoms with Crippen molar-refractivity contribution in [3.05, 3.63) is 96.1 Å². The van der Waals surface area contributed by atoms with Gasteiger partial charge in [0.2, 0.25) is 0 Å². The highest BCUT2D eigenvalue weighted by Crippen LogP contribution is 2.22. The molecule has 1 N–H and O–H groups in total. The molecule has 0 aliphatic heterocycles. The van der Waals surface area contributed by atoms with Crippen LogP contribution >= 0.6 is 0 Å². The molecule has 3 aromatic rings. The zero-order valence-corrected chi connectivity index (χ0v) is 12.9. The standard InChI is InChI=1S/C21H16O3/c22-18-12-10-17(11-13-18)21(23)14-9-16-5-4-8-20(15-16)24-19-6-2-1-3-7-19/h1-15,22H/b14-9+. The molecule has 3 aromatic carbocycles.